The molecule has 0 saturated heterocycles. The van der Waals surface area contributed by atoms with Gasteiger partial charge in [0.15, 0.2) is 0 Å². The molecule has 0 N–H and O–H groups in total. The largest absolute Gasteiger partial charge is 0.550 e. The second-order valence-electron chi connectivity index (χ2n) is 7.64. The van der Waals surface area contributed by atoms with Gasteiger partial charge in [0.05, 0.1) is 0 Å². The van der Waals surface area contributed by atoms with Gasteiger partial charge in [0.2, 0.25) is 0 Å². The zero-order valence-electron chi connectivity index (χ0n) is 18.0. The Morgan fingerprint density at radius 3 is 1.57 bits per heavy atom. The molecule has 0 bridgehead atoms. The smallest absolute Gasteiger partial charge is 0.0477 e. The van der Waals surface area contributed by atoms with E-state index in [9.17, 15) is 19.8 Å². The van der Waals surface area contributed by atoms with Crippen LogP contribution in [0.25, 0.3) is 0 Å². The van der Waals surface area contributed by atoms with Crippen molar-refractivity contribution in [1.82, 2.24) is 0 Å². The maximum atomic E-state index is 11.9. The van der Waals surface area contributed by atoms with E-state index in [1.807, 2.05) is 0 Å². The van der Waals surface area contributed by atoms with Gasteiger partial charge in [-0.25, -0.2) is 0 Å². The summed E-state index contributed by atoms with van der Waals surface area (Å²) < 4.78 is 11.2. The van der Waals surface area contributed by atoms with Crippen LogP contribution < -0.4 is 10.2 Å². The molecule has 0 aromatic rings. The molecule has 0 spiro atoms. The Morgan fingerprint density at radius 1 is 0.679 bits per heavy atom. The number of carboxylic acid groups (broad SMARTS) is 2. The van der Waals surface area contributed by atoms with Crippen molar-refractivity contribution in [2.75, 3.05) is 26.4 Å². The average molecular weight is 401 g/mol. The van der Waals surface area contributed by atoms with E-state index in [1.54, 1.807) is 0 Å². The molecular formula is C22H40O6-2. The van der Waals surface area contributed by atoms with Crippen LogP contribution in [0.15, 0.2) is 0 Å². The van der Waals surface area contributed by atoms with Crippen LogP contribution in [-0.4, -0.2) is 38.4 Å². The number of hydrogen-bond donors (Lipinski definition) is 0. The Balaban J connectivity index is 4.46. The van der Waals surface area contributed by atoms with Crippen LogP contribution in [0.2, 0.25) is 0 Å². The summed E-state index contributed by atoms with van der Waals surface area (Å²) in [5.74, 6) is -2.30. The van der Waals surface area contributed by atoms with E-state index >= 15 is 0 Å². The van der Waals surface area contributed by atoms with Gasteiger partial charge in [0.25, 0.3) is 0 Å². The lowest BCUT2D eigenvalue weighted by molar-refractivity contribution is -0.322. The van der Waals surface area contributed by atoms with Crippen molar-refractivity contribution < 1.29 is 29.3 Å². The van der Waals surface area contributed by atoms with Crippen LogP contribution in [-0.2, 0) is 19.1 Å². The maximum absolute atomic E-state index is 11.9. The summed E-state index contributed by atoms with van der Waals surface area (Å²) in [6, 6.07) is 0. The fourth-order valence-electron chi connectivity index (χ4n) is 3.25. The summed E-state index contributed by atoms with van der Waals surface area (Å²) >= 11 is 0. The molecule has 0 atom stereocenters. The number of unbranched alkanes of at least 4 members (excludes halogenated alkanes) is 6. The SMILES string of the molecule is CCCCCCOCCC(CCCC(=O)[O-])(CCOCCCCCC)C(=O)[O-]. The summed E-state index contributed by atoms with van der Waals surface area (Å²) in [5.41, 5.74) is -1.11. The fourth-order valence-corrected chi connectivity index (χ4v) is 3.25. The van der Waals surface area contributed by atoms with Gasteiger partial charge in [-0.3, -0.25) is 0 Å². The number of rotatable bonds is 21. The van der Waals surface area contributed by atoms with Gasteiger partial charge in [0.1, 0.15) is 0 Å². The molecule has 0 radical (unpaired) electrons. The number of ether oxygens (including phenoxy) is 2. The first-order chi connectivity index (χ1) is 13.5. The zero-order chi connectivity index (χ0) is 21.1. The van der Waals surface area contributed by atoms with Crippen LogP contribution in [0, 0.1) is 5.41 Å². The predicted molar refractivity (Wildman–Crippen MR) is 105 cm³/mol. The summed E-state index contributed by atoms with van der Waals surface area (Å²) in [7, 11) is 0. The Kier molecular flexibility index (Phi) is 17.2. The van der Waals surface area contributed by atoms with Gasteiger partial charge in [-0.1, -0.05) is 52.4 Å². The van der Waals surface area contributed by atoms with E-state index in [1.165, 1.54) is 12.8 Å². The molecule has 0 amide bonds. The summed E-state index contributed by atoms with van der Waals surface area (Å²) in [5, 5.41) is 22.6. The summed E-state index contributed by atoms with van der Waals surface area (Å²) in [4.78, 5) is 22.6. The molecule has 0 aliphatic heterocycles. The lowest BCUT2D eigenvalue weighted by atomic mass is 9.77. The Morgan fingerprint density at radius 2 is 1.18 bits per heavy atom. The third-order valence-electron chi connectivity index (χ3n) is 5.20. The van der Waals surface area contributed by atoms with Crippen LogP contribution in [0.1, 0.15) is 97.3 Å². The fraction of sp³-hybridized carbons (Fsp3) is 0.909. The number of aliphatic carboxylic acids is 2. The quantitative estimate of drug-likeness (QED) is 0.275. The molecule has 0 aromatic heterocycles. The van der Waals surface area contributed by atoms with E-state index in [0.717, 1.165) is 38.5 Å². The van der Waals surface area contributed by atoms with Crippen molar-refractivity contribution >= 4 is 11.9 Å². The molecular weight excluding hydrogens is 360 g/mol. The molecule has 0 aromatic carbocycles. The van der Waals surface area contributed by atoms with Crippen molar-refractivity contribution in [3.8, 4) is 0 Å². The van der Waals surface area contributed by atoms with Gasteiger partial charge < -0.3 is 29.3 Å². The topological polar surface area (TPSA) is 98.7 Å². The maximum Gasteiger partial charge on any atom is 0.0477 e. The summed E-state index contributed by atoms with van der Waals surface area (Å²) in [6.07, 6.45) is 9.79. The molecule has 0 aliphatic carbocycles. The van der Waals surface area contributed by atoms with Crippen molar-refractivity contribution in [3.05, 3.63) is 0 Å². The summed E-state index contributed by atoms with van der Waals surface area (Å²) in [6.45, 7) is 6.21. The number of hydrogen-bond acceptors (Lipinski definition) is 6. The van der Waals surface area contributed by atoms with Crippen LogP contribution in [0.4, 0.5) is 0 Å². The molecule has 0 aliphatic rings. The first-order valence-electron chi connectivity index (χ1n) is 11.0. The average Bonchev–Trinajstić information content (AvgIpc) is 2.65. The molecule has 0 rings (SSSR count). The van der Waals surface area contributed by atoms with E-state index in [-0.39, 0.29) is 19.3 Å². The third kappa shape index (κ3) is 13.9. The molecule has 0 heterocycles. The van der Waals surface area contributed by atoms with Gasteiger partial charge in [-0.15, -0.1) is 0 Å². The minimum atomic E-state index is -1.16. The lowest BCUT2D eigenvalue weighted by Crippen LogP contribution is -2.44. The lowest BCUT2D eigenvalue weighted by Gasteiger charge is -2.35. The van der Waals surface area contributed by atoms with Crippen molar-refractivity contribution in [2.24, 2.45) is 5.41 Å². The van der Waals surface area contributed by atoms with Crippen molar-refractivity contribution in [2.45, 2.75) is 97.3 Å². The molecule has 6 heteroatoms. The third-order valence-corrected chi connectivity index (χ3v) is 5.20. The highest BCUT2D eigenvalue weighted by Gasteiger charge is 2.31. The highest BCUT2D eigenvalue weighted by Crippen LogP contribution is 2.33. The van der Waals surface area contributed by atoms with E-state index in [0.29, 0.717) is 39.3 Å². The second kappa shape index (κ2) is 17.9. The number of carboxylic acids is 2. The first-order valence-corrected chi connectivity index (χ1v) is 11.0. The van der Waals surface area contributed by atoms with Gasteiger partial charge >= 0.3 is 0 Å². The Hall–Kier alpha value is -1.14. The van der Waals surface area contributed by atoms with E-state index < -0.39 is 17.4 Å². The minimum Gasteiger partial charge on any atom is -0.550 e. The molecule has 28 heavy (non-hydrogen) atoms. The minimum absolute atomic E-state index is 0.148. The van der Waals surface area contributed by atoms with Gasteiger partial charge in [-0.05, 0) is 44.9 Å². The molecule has 0 saturated carbocycles. The first kappa shape index (κ1) is 26.9. The van der Waals surface area contributed by atoms with E-state index in [4.69, 9.17) is 9.47 Å². The van der Waals surface area contributed by atoms with Gasteiger partial charge in [0, 0.05) is 43.8 Å². The van der Waals surface area contributed by atoms with Crippen molar-refractivity contribution in [3.63, 3.8) is 0 Å². The van der Waals surface area contributed by atoms with Crippen molar-refractivity contribution in [1.29, 1.82) is 0 Å². The second-order valence-corrected chi connectivity index (χ2v) is 7.64. The molecule has 166 valence electrons. The highest BCUT2D eigenvalue weighted by atomic mass is 16.5. The number of carbonyl (C=O) groups excluding carboxylic acids is 2. The Labute approximate surface area is 171 Å². The van der Waals surface area contributed by atoms with Gasteiger partial charge in [-0.2, -0.15) is 0 Å². The molecule has 0 unspecified atom stereocenters. The normalized spacial score (nSPS) is 11.6. The zero-order valence-corrected chi connectivity index (χ0v) is 18.0. The standard InChI is InChI=1S/C22H42O6/c1-3-5-7-9-16-27-18-14-22(21(25)26,13-11-12-20(23)24)15-19-28-17-10-8-6-4-2/h3-19H2,1-2H3,(H,23,24)(H,25,26)/p-2. The van der Waals surface area contributed by atoms with E-state index in [2.05, 4.69) is 13.8 Å². The van der Waals surface area contributed by atoms with Crippen LogP contribution in [0.3, 0.4) is 0 Å². The van der Waals surface area contributed by atoms with Crippen LogP contribution in [0.5, 0.6) is 0 Å². The highest BCUT2D eigenvalue weighted by molar-refractivity contribution is 5.72. The number of carbonyl (C=O) groups is 2. The monoisotopic (exact) mass is 400 g/mol. The molecule has 6 nitrogen and oxygen atoms in total. The Bertz CT molecular complexity index is 378. The predicted octanol–water partition coefficient (Wildman–Crippen LogP) is 2.62. The van der Waals surface area contributed by atoms with Crippen LogP contribution >= 0.6 is 0 Å². The molecule has 0 fully saturated rings.